The van der Waals surface area contributed by atoms with Gasteiger partial charge < -0.3 is 15.4 Å². The Morgan fingerprint density at radius 2 is 1.90 bits per heavy atom. The van der Waals surface area contributed by atoms with Crippen molar-refractivity contribution in [1.29, 1.82) is 0 Å². The van der Waals surface area contributed by atoms with E-state index in [2.05, 4.69) is 17.6 Å². The fraction of sp³-hybridized carbons (Fsp3) is 0.588. The summed E-state index contributed by atoms with van der Waals surface area (Å²) in [6, 6.07) is 7.79. The van der Waals surface area contributed by atoms with Crippen LogP contribution in [-0.4, -0.2) is 25.6 Å². The number of carbonyl (C=O) groups is 1. The number of nitrogens with one attached hydrogen (secondary N) is 2. The summed E-state index contributed by atoms with van der Waals surface area (Å²) in [5, 5.41) is 6.25. The second kappa shape index (κ2) is 8.03. The van der Waals surface area contributed by atoms with Gasteiger partial charge in [-0.15, -0.1) is 0 Å². The molecule has 1 aliphatic rings. The second-order valence-electron chi connectivity index (χ2n) is 5.84. The lowest BCUT2D eigenvalue weighted by Crippen LogP contribution is -2.39. The Labute approximate surface area is 127 Å². The second-order valence-corrected chi connectivity index (χ2v) is 5.84. The third-order valence-corrected chi connectivity index (χ3v) is 4.32. The Bertz CT molecular complexity index is 439. The number of hydrogen-bond donors (Lipinski definition) is 2. The minimum atomic E-state index is 0.00262. The maximum Gasteiger partial charge on any atom is 0.238 e. The molecule has 0 saturated heterocycles. The van der Waals surface area contributed by atoms with E-state index in [1.165, 1.54) is 32.1 Å². The molecule has 1 aliphatic carbocycles. The number of anilines is 1. The van der Waals surface area contributed by atoms with Crippen molar-refractivity contribution in [3.05, 3.63) is 24.3 Å². The number of rotatable bonds is 6. The van der Waals surface area contributed by atoms with Gasteiger partial charge in [-0.2, -0.15) is 0 Å². The van der Waals surface area contributed by atoms with E-state index in [0.29, 0.717) is 18.5 Å². The van der Waals surface area contributed by atoms with Crippen molar-refractivity contribution < 1.29 is 9.53 Å². The summed E-state index contributed by atoms with van der Waals surface area (Å²) in [5.41, 5.74) is 0.799. The first kappa shape index (κ1) is 15.8. The first-order chi connectivity index (χ1) is 10.2. The fourth-order valence-electron chi connectivity index (χ4n) is 2.93. The van der Waals surface area contributed by atoms with Crippen LogP contribution < -0.4 is 15.4 Å². The van der Waals surface area contributed by atoms with E-state index in [1.807, 2.05) is 24.3 Å². The molecule has 1 fully saturated rings. The molecular formula is C17H26N2O2. The minimum Gasteiger partial charge on any atom is -0.497 e. The largest absolute Gasteiger partial charge is 0.497 e. The molecule has 116 valence electrons. The Hall–Kier alpha value is -1.55. The molecule has 1 saturated carbocycles. The number of ether oxygens (including phenoxy) is 1. The number of hydrogen-bond acceptors (Lipinski definition) is 3. The molecule has 2 N–H and O–H groups in total. The lowest BCUT2D eigenvalue weighted by Gasteiger charge is -2.28. The van der Waals surface area contributed by atoms with Gasteiger partial charge in [0, 0.05) is 11.7 Å². The summed E-state index contributed by atoms with van der Waals surface area (Å²) in [6.45, 7) is 2.56. The molecule has 0 unspecified atom stereocenters. The summed E-state index contributed by atoms with van der Waals surface area (Å²) < 4.78 is 5.10. The molecule has 0 heterocycles. The maximum atomic E-state index is 11.9. The molecule has 4 heteroatoms. The van der Waals surface area contributed by atoms with Crippen LogP contribution in [-0.2, 0) is 4.79 Å². The van der Waals surface area contributed by atoms with Crippen LogP contribution in [0.1, 0.15) is 39.0 Å². The number of amides is 1. The van der Waals surface area contributed by atoms with Gasteiger partial charge in [-0.05, 0) is 49.9 Å². The molecule has 1 aromatic carbocycles. The SMILES string of the molecule is COc1ccc(NC(=O)CN[C@H](C)C2CCCCC2)cc1. The summed E-state index contributed by atoms with van der Waals surface area (Å²) in [7, 11) is 1.63. The summed E-state index contributed by atoms with van der Waals surface area (Å²) in [6.07, 6.45) is 6.59. The van der Waals surface area contributed by atoms with Gasteiger partial charge in [-0.25, -0.2) is 0 Å². The molecule has 0 bridgehead atoms. The molecule has 0 aromatic heterocycles. The molecule has 0 aliphatic heterocycles. The first-order valence-electron chi connectivity index (χ1n) is 7.86. The van der Waals surface area contributed by atoms with E-state index >= 15 is 0 Å². The van der Waals surface area contributed by atoms with Crippen LogP contribution in [0, 0.1) is 5.92 Å². The van der Waals surface area contributed by atoms with Crippen LogP contribution in [0.2, 0.25) is 0 Å². The van der Waals surface area contributed by atoms with Crippen molar-refractivity contribution in [2.24, 2.45) is 5.92 Å². The number of carbonyl (C=O) groups excluding carboxylic acids is 1. The van der Waals surface area contributed by atoms with Gasteiger partial charge in [-0.1, -0.05) is 19.3 Å². The highest BCUT2D eigenvalue weighted by Gasteiger charge is 2.20. The van der Waals surface area contributed by atoms with Gasteiger partial charge in [-0.3, -0.25) is 4.79 Å². The third-order valence-electron chi connectivity index (χ3n) is 4.32. The quantitative estimate of drug-likeness (QED) is 0.846. The van der Waals surface area contributed by atoms with Crippen LogP contribution in [0.4, 0.5) is 5.69 Å². The maximum absolute atomic E-state index is 11.9. The number of benzene rings is 1. The van der Waals surface area contributed by atoms with Crippen LogP contribution in [0.5, 0.6) is 5.75 Å². The van der Waals surface area contributed by atoms with Crippen LogP contribution >= 0.6 is 0 Å². The minimum absolute atomic E-state index is 0.00262. The Morgan fingerprint density at radius 1 is 1.24 bits per heavy atom. The molecule has 1 atom stereocenters. The zero-order chi connectivity index (χ0) is 15.1. The van der Waals surface area contributed by atoms with Crippen LogP contribution in [0.25, 0.3) is 0 Å². The van der Waals surface area contributed by atoms with Gasteiger partial charge in [0.2, 0.25) is 5.91 Å². The lowest BCUT2D eigenvalue weighted by molar-refractivity contribution is -0.115. The van der Waals surface area contributed by atoms with Crippen molar-refractivity contribution in [1.82, 2.24) is 5.32 Å². The van der Waals surface area contributed by atoms with Crippen molar-refractivity contribution in [2.75, 3.05) is 19.0 Å². The normalized spacial score (nSPS) is 17.2. The Kier molecular flexibility index (Phi) is 6.05. The number of methoxy groups -OCH3 is 1. The fourth-order valence-corrected chi connectivity index (χ4v) is 2.93. The Morgan fingerprint density at radius 3 is 2.52 bits per heavy atom. The van der Waals surface area contributed by atoms with Gasteiger partial charge in [0.25, 0.3) is 0 Å². The van der Waals surface area contributed by atoms with E-state index in [9.17, 15) is 4.79 Å². The highest BCUT2D eigenvalue weighted by molar-refractivity contribution is 5.92. The van der Waals surface area contributed by atoms with Gasteiger partial charge in [0.15, 0.2) is 0 Å². The zero-order valence-electron chi connectivity index (χ0n) is 13.0. The molecule has 1 amide bonds. The smallest absolute Gasteiger partial charge is 0.238 e. The summed E-state index contributed by atoms with van der Waals surface area (Å²) in [4.78, 5) is 11.9. The zero-order valence-corrected chi connectivity index (χ0v) is 13.0. The van der Waals surface area contributed by atoms with E-state index in [-0.39, 0.29) is 5.91 Å². The average Bonchev–Trinajstić information content (AvgIpc) is 2.54. The highest BCUT2D eigenvalue weighted by Crippen LogP contribution is 2.26. The highest BCUT2D eigenvalue weighted by atomic mass is 16.5. The monoisotopic (exact) mass is 290 g/mol. The first-order valence-corrected chi connectivity index (χ1v) is 7.86. The molecule has 0 radical (unpaired) electrons. The van der Waals surface area contributed by atoms with Crippen molar-refractivity contribution in [2.45, 2.75) is 45.1 Å². The lowest BCUT2D eigenvalue weighted by atomic mass is 9.84. The van der Waals surface area contributed by atoms with E-state index in [1.54, 1.807) is 7.11 Å². The predicted molar refractivity (Wildman–Crippen MR) is 85.7 cm³/mol. The topological polar surface area (TPSA) is 50.4 Å². The molecule has 2 rings (SSSR count). The van der Waals surface area contributed by atoms with Gasteiger partial charge in [0.05, 0.1) is 13.7 Å². The summed E-state index contributed by atoms with van der Waals surface area (Å²) in [5.74, 6) is 1.51. The van der Waals surface area contributed by atoms with E-state index < -0.39 is 0 Å². The van der Waals surface area contributed by atoms with Crippen molar-refractivity contribution in [3.63, 3.8) is 0 Å². The van der Waals surface area contributed by atoms with Crippen molar-refractivity contribution >= 4 is 11.6 Å². The average molecular weight is 290 g/mol. The van der Waals surface area contributed by atoms with Crippen LogP contribution in [0.15, 0.2) is 24.3 Å². The Balaban J connectivity index is 1.73. The van der Waals surface area contributed by atoms with E-state index in [4.69, 9.17) is 4.74 Å². The predicted octanol–water partition coefficient (Wildman–Crippen LogP) is 3.19. The van der Waals surface area contributed by atoms with Gasteiger partial charge >= 0.3 is 0 Å². The molecule has 0 spiro atoms. The molecule has 1 aromatic rings. The van der Waals surface area contributed by atoms with Crippen LogP contribution in [0.3, 0.4) is 0 Å². The van der Waals surface area contributed by atoms with Crippen molar-refractivity contribution in [3.8, 4) is 5.75 Å². The molecular weight excluding hydrogens is 264 g/mol. The molecule has 21 heavy (non-hydrogen) atoms. The van der Waals surface area contributed by atoms with E-state index in [0.717, 1.165) is 11.4 Å². The molecule has 4 nitrogen and oxygen atoms in total. The standard InChI is InChI=1S/C17H26N2O2/c1-13(14-6-4-3-5-7-14)18-12-17(20)19-15-8-10-16(21-2)11-9-15/h8-11,13-14,18H,3-7,12H2,1-2H3,(H,19,20)/t13-/m1/s1. The third kappa shape index (κ3) is 5.05. The summed E-state index contributed by atoms with van der Waals surface area (Å²) >= 11 is 0. The van der Waals surface area contributed by atoms with Gasteiger partial charge in [0.1, 0.15) is 5.75 Å².